The van der Waals surface area contributed by atoms with Crippen LogP contribution in [-0.2, 0) is 9.53 Å². The fourth-order valence-corrected chi connectivity index (χ4v) is 2.54. The summed E-state index contributed by atoms with van der Waals surface area (Å²) in [4.78, 5) is 24.2. The number of hydrogen-bond acceptors (Lipinski definition) is 5. The van der Waals surface area contributed by atoms with Crippen molar-refractivity contribution in [2.24, 2.45) is 0 Å². The Morgan fingerprint density at radius 1 is 1.12 bits per heavy atom. The molecule has 0 saturated heterocycles. The number of amides is 1. The average molecular weight is 341 g/mol. The SMILES string of the molecule is CC(C)c1ccccc1NC(=O)COC(=O)c1ccc2c(c1)OCO2. The normalized spacial score (nSPS) is 12.1. The Labute approximate surface area is 145 Å². The van der Waals surface area contributed by atoms with E-state index in [4.69, 9.17) is 14.2 Å². The van der Waals surface area contributed by atoms with E-state index in [0.29, 0.717) is 17.1 Å². The van der Waals surface area contributed by atoms with E-state index in [1.807, 2.05) is 38.1 Å². The van der Waals surface area contributed by atoms with Crippen molar-refractivity contribution in [1.82, 2.24) is 0 Å². The smallest absolute Gasteiger partial charge is 0.338 e. The van der Waals surface area contributed by atoms with Crippen molar-refractivity contribution < 1.29 is 23.8 Å². The van der Waals surface area contributed by atoms with Gasteiger partial charge >= 0.3 is 5.97 Å². The average Bonchev–Trinajstić information content (AvgIpc) is 3.07. The van der Waals surface area contributed by atoms with Crippen LogP contribution in [0.1, 0.15) is 35.7 Å². The van der Waals surface area contributed by atoms with Crippen molar-refractivity contribution in [1.29, 1.82) is 0 Å². The number of anilines is 1. The van der Waals surface area contributed by atoms with Crippen LogP contribution in [0.15, 0.2) is 42.5 Å². The summed E-state index contributed by atoms with van der Waals surface area (Å²) in [5.74, 6) is 0.366. The Bertz CT molecular complexity index is 800. The van der Waals surface area contributed by atoms with E-state index in [1.54, 1.807) is 12.1 Å². The van der Waals surface area contributed by atoms with Gasteiger partial charge in [-0.3, -0.25) is 4.79 Å². The molecule has 1 heterocycles. The monoisotopic (exact) mass is 341 g/mol. The second-order valence-corrected chi connectivity index (χ2v) is 5.93. The summed E-state index contributed by atoms with van der Waals surface area (Å²) in [5, 5.41) is 2.78. The first-order valence-electron chi connectivity index (χ1n) is 8.00. The van der Waals surface area contributed by atoms with E-state index in [0.717, 1.165) is 11.3 Å². The third-order valence-electron chi connectivity index (χ3n) is 3.80. The largest absolute Gasteiger partial charge is 0.454 e. The number of hydrogen-bond donors (Lipinski definition) is 1. The van der Waals surface area contributed by atoms with Gasteiger partial charge in [-0.25, -0.2) is 4.79 Å². The summed E-state index contributed by atoms with van der Waals surface area (Å²) < 4.78 is 15.5. The minimum atomic E-state index is -0.592. The summed E-state index contributed by atoms with van der Waals surface area (Å²) in [5.41, 5.74) is 2.05. The quantitative estimate of drug-likeness (QED) is 0.845. The Morgan fingerprint density at radius 3 is 2.68 bits per heavy atom. The van der Waals surface area contributed by atoms with Gasteiger partial charge in [-0.2, -0.15) is 0 Å². The molecule has 2 aromatic carbocycles. The Balaban J connectivity index is 1.58. The third-order valence-corrected chi connectivity index (χ3v) is 3.80. The highest BCUT2D eigenvalue weighted by atomic mass is 16.7. The Morgan fingerprint density at radius 2 is 1.88 bits per heavy atom. The fraction of sp³-hybridized carbons (Fsp3) is 0.263. The molecule has 0 unspecified atom stereocenters. The van der Waals surface area contributed by atoms with Gasteiger partial charge in [0.1, 0.15) is 0 Å². The Hall–Kier alpha value is -3.02. The van der Waals surface area contributed by atoms with Crippen LogP contribution in [0.2, 0.25) is 0 Å². The van der Waals surface area contributed by atoms with E-state index in [2.05, 4.69) is 5.32 Å². The second kappa shape index (κ2) is 7.25. The summed E-state index contributed by atoms with van der Waals surface area (Å²) in [7, 11) is 0. The molecule has 0 bridgehead atoms. The van der Waals surface area contributed by atoms with Crippen LogP contribution >= 0.6 is 0 Å². The van der Waals surface area contributed by atoms with Gasteiger partial charge in [0.05, 0.1) is 5.56 Å². The summed E-state index contributed by atoms with van der Waals surface area (Å²) in [6, 6.07) is 12.3. The predicted octanol–water partition coefficient (Wildman–Crippen LogP) is 3.33. The van der Waals surface area contributed by atoms with Crippen LogP contribution in [0.4, 0.5) is 5.69 Å². The van der Waals surface area contributed by atoms with Gasteiger partial charge in [0.2, 0.25) is 6.79 Å². The van der Waals surface area contributed by atoms with E-state index >= 15 is 0 Å². The molecular formula is C19H19NO5. The molecule has 3 rings (SSSR count). The number of para-hydroxylation sites is 1. The maximum absolute atomic E-state index is 12.1. The minimum Gasteiger partial charge on any atom is -0.454 e. The van der Waals surface area contributed by atoms with Gasteiger partial charge < -0.3 is 19.5 Å². The molecule has 0 atom stereocenters. The van der Waals surface area contributed by atoms with Gasteiger partial charge in [-0.15, -0.1) is 0 Å². The molecule has 6 nitrogen and oxygen atoms in total. The fourth-order valence-electron chi connectivity index (χ4n) is 2.54. The standard InChI is InChI=1S/C19H19NO5/c1-12(2)14-5-3-4-6-15(14)20-18(21)10-23-19(22)13-7-8-16-17(9-13)25-11-24-16/h3-9,12H,10-11H2,1-2H3,(H,20,21). The molecule has 0 spiro atoms. The molecule has 2 aromatic rings. The number of carbonyl (C=O) groups is 2. The number of carbonyl (C=O) groups excluding carboxylic acids is 2. The minimum absolute atomic E-state index is 0.130. The van der Waals surface area contributed by atoms with Crippen molar-refractivity contribution >= 4 is 17.6 Å². The number of fused-ring (bicyclic) bond motifs is 1. The third kappa shape index (κ3) is 3.91. The second-order valence-electron chi connectivity index (χ2n) is 5.93. The van der Waals surface area contributed by atoms with Crippen LogP contribution in [0.3, 0.4) is 0 Å². The number of rotatable bonds is 5. The molecular weight excluding hydrogens is 322 g/mol. The molecule has 1 aliphatic heterocycles. The molecule has 0 fully saturated rings. The molecule has 1 N–H and O–H groups in total. The summed E-state index contributed by atoms with van der Waals surface area (Å²) in [6.45, 7) is 3.86. The van der Waals surface area contributed by atoms with Crippen LogP contribution in [0.25, 0.3) is 0 Å². The van der Waals surface area contributed by atoms with E-state index < -0.39 is 5.97 Å². The van der Waals surface area contributed by atoms with Crippen LogP contribution in [-0.4, -0.2) is 25.3 Å². The molecule has 130 valence electrons. The molecule has 1 aliphatic rings. The zero-order valence-corrected chi connectivity index (χ0v) is 14.1. The Kier molecular flexibility index (Phi) is 4.88. The first-order valence-corrected chi connectivity index (χ1v) is 8.00. The number of esters is 1. The van der Waals surface area contributed by atoms with E-state index in [-0.39, 0.29) is 25.2 Å². The number of benzene rings is 2. The van der Waals surface area contributed by atoms with Gasteiger partial charge in [0, 0.05) is 5.69 Å². The molecule has 0 radical (unpaired) electrons. The van der Waals surface area contributed by atoms with Crippen LogP contribution < -0.4 is 14.8 Å². The van der Waals surface area contributed by atoms with Crippen LogP contribution in [0.5, 0.6) is 11.5 Å². The zero-order valence-electron chi connectivity index (χ0n) is 14.1. The van der Waals surface area contributed by atoms with Gasteiger partial charge in [0.15, 0.2) is 18.1 Å². The summed E-state index contributed by atoms with van der Waals surface area (Å²) >= 11 is 0. The highest BCUT2D eigenvalue weighted by Gasteiger charge is 2.18. The molecule has 1 amide bonds. The van der Waals surface area contributed by atoms with E-state index in [1.165, 1.54) is 6.07 Å². The molecule has 0 aromatic heterocycles. The molecule has 0 aliphatic carbocycles. The lowest BCUT2D eigenvalue weighted by molar-refractivity contribution is -0.119. The van der Waals surface area contributed by atoms with Crippen molar-refractivity contribution in [2.75, 3.05) is 18.7 Å². The maximum Gasteiger partial charge on any atom is 0.338 e. The van der Waals surface area contributed by atoms with Crippen molar-refractivity contribution in [2.45, 2.75) is 19.8 Å². The lowest BCUT2D eigenvalue weighted by Gasteiger charge is -2.13. The highest BCUT2D eigenvalue weighted by molar-refractivity contribution is 5.96. The lowest BCUT2D eigenvalue weighted by Crippen LogP contribution is -2.21. The predicted molar refractivity (Wildman–Crippen MR) is 92.0 cm³/mol. The lowest BCUT2D eigenvalue weighted by atomic mass is 10.0. The first-order chi connectivity index (χ1) is 12.0. The first kappa shape index (κ1) is 16.8. The summed E-state index contributed by atoms with van der Waals surface area (Å²) in [6.07, 6.45) is 0. The van der Waals surface area contributed by atoms with Gasteiger partial charge in [0.25, 0.3) is 5.91 Å². The van der Waals surface area contributed by atoms with E-state index in [9.17, 15) is 9.59 Å². The van der Waals surface area contributed by atoms with Crippen molar-refractivity contribution in [3.05, 3.63) is 53.6 Å². The number of nitrogens with one attached hydrogen (secondary N) is 1. The van der Waals surface area contributed by atoms with Gasteiger partial charge in [-0.1, -0.05) is 32.0 Å². The molecule has 0 saturated carbocycles. The van der Waals surface area contributed by atoms with Crippen LogP contribution in [0, 0.1) is 0 Å². The van der Waals surface area contributed by atoms with Crippen molar-refractivity contribution in [3.8, 4) is 11.5 Å². The molecule has 25 heavy (non-hydrogen) atoms. The van der Waals surface area contributed by atoms with Gasteiger partial charge in [-0.05, 0) is 35.7 Å². The topological polar surface area (TPSA) is 73.9 Å². The number of ether oxygens (including phenoxy) is 3. The molecule has 6 heteroatoms. The highest BCUT2D eigenvalue weighted by Crippen LogP contribution is 2.32. The van der Waals surface area contributed by atoms with Crippen molar-refractivity contribution in [3.63, 3.8) is 0 Å². The zero-order chi connectivity index (χ0) is 17.8. The maximum atomic E-state index is 12.1.